The summed E-state index contributed by atoms with van der Waals surface area (Å²) < 4.78 is 33.4. The lowest BCUT2D eigenvalue weighted by atomic mass is 10.0. The van der Waals surface area contributed by atoms with Gasteiger partial charge in [-0.2, -0.15) is 0 Å². The van der Waals surface area contributed by atoms with E-state index in [4.69, 9.17) is 18.5 Å². The van der Waals surface area contributed by atoms with Crippen LogP contribution in [-0.4, -0.2) is 75.6 Å². The van der Waals surface area contributed by atoms with E-state index < -0.39 is 19.9 Å². The Kier molecular flexibility index (Phi) is 21.3. The van der Waals surface area contributed by atoms with Crippen LogP contribution in [0.4, 0.5) is 0 Å². The molecule has 0 aromatic rings. The summed E-state index contributed by atoms with van der Waals surface area (Å²) in [6.07, 6.45) is 17.4. The number of nitrogens with zero attached hydrogens (tertiary/aromatic N) is 1. The van der Waals surface area contributed by atoms with Gasteiger partial charge in [0.1, 0.15) is 19.3 Å². The molecule has 1 N–H and O–H groups in total. The van der Waals surface area contributed by atoms with E-state index in [0.29, 0.717) is 17.6 Å². The molecule has 0 bridgehead atoms. The largest absolute Gasteiger partial charge is 0.472 e. The van der Waals surface area contributed by atoms with Gasteiger partial charge in [-0.15, -0.1) is 0 Å². The Morgan fingerprint density at radius 2 is 1.26 bits per heavy atom. The van der Waals surface area contributed by atoms with E-state index in [1.165, 1.54) is 84.0 Å². The molecule has 0 fully saturated rings. The number of hydrogen-bond acceptors (Lipinski definition) is 6. The zero-order chi connectivity index (χ0) is 26.4. The highest BCUT2D eigenvalue weighted by Crippen LogP contribution is 2.43. The highest BCUT2D eigenvalue weighted by atomic mass is 32.2. The molecule has 0 saturated heterocycles. The zero-order valence-electron chi connectivity index (χ0n) is 23.3. The molecule has 0 spiro atoms. The third kappa shape index (κ3) is 26.4. The second-order valence-corrected chi connectivity index (χ2v) is 12.0. The van der Waals surface area contributed by atoms with Crippen molar-refractivity contribution in [3.05, 3.63) is 0 Å². The summed E-state index contributed by atoms with van der Waals surface area (Å²) in [6.45, 7) is 4.63. The predicted molar refractivity (Wildman–Crippen MR) is 141 cm³/mol. The molecule has 9 heteroatoms. The summed E-state index contributed by atoms with van der Waals surface area (Å²) in [5.74, 6) is -0.489. The van der Waals surface area contributed by atoms with Gasteiger partial charge in [0.25, 0.3) is 0 Å². The first kappa shape index (κ1) is 34.5. The van der Waals surface area contributed by atoms with Gasteiger partial charge in [-0.1, -0.05) is 90.4 Å². The maximum absolute atomic E-state index is 12.0. The van der Waals surface area contributed by atoms with Crippen molar-refractivity contribution in [2.24, 2.45) is 0 Å². The first-order chi connectivity index (χ1) is 16.6. The van der Waals surface area contributed by atoms with Crippen molar-refractivity contribution in [1.29, 1.82) is 0 Å². The Balaban J connectivity index is 3.77. The quantitative estimate of drug-likeness (QED) is 0.0651. The number of carbonyl (C=O) groups excluding carboxylic acids is 1. The SMILES string of the molecule is CCCCCCCCCCCCCCCCOC[C@H](CO[32P](=O)(O)OCC[N+](C)(C)C)OC(C)=O. The zero-order valence-corrected chi connectivity index (χ0v) is 24.2. The van der Waals surface area contributed by atoms with Crippen molar-refractivity contribution in [3.8, 4) is 0 Å². The van der Waals surface area contributed by atoms with Crippen molar-refractivity contribution in [1.82, 2.24) is 0 Å². The lowest BCUT2D eigenvalue weighted by molar-refractivity contribution is -0.870. The van der Waals surface area contributed by atoms with Gasteiger partial charge in [0, 0.05) is 13.5 Å². The number of ether oxygens (including phenoxy) is 2. The number of rotatable bonds is 25. The van der Waals surface area contributed by atoms with E-state index in [1.54, 1.807) is 0 Å². The molecule has 210 valence electrons. The van der Waals surface area contributed by atoms with Gasteiger partial charge in [0.2, 0.25) is 0 Å². The molecule has 2 atom stereocenters. The molecule has 0 saturated carbocycles. The fourth-order valence-corrected chi connectivity index (χ4v) is 4.35. The Morgan fingerprint density at radius 3 is 1.71 bits per heavy atom. The standard InChI is InChI=1S/C26H54NO7P/c1-6-7-8-9-10-11-12-13-14-15-16-17-18-19-21-31-23-26(34-25(2)28)24-33-35(29,30)32-22-20-27(3,4)5/h26H,6-24H2,1-5H3/p+1/t26-/m1/s1/i35+1. The number of phosphoric acid groups is 1. The number of hydrogen-bond donors (Lipinski definition) is 1. The lowest BCUT2D eigenvalue weighted by Gasteiger charge is -2.24. The van der Waals surface area contributed by atoms with Gasteiger partial charge in [-0.05, 0) is 6.42 Å². The summed E-state index contributed by atoms with van der Waals surface area (Å²) in [7, 11) is 1.66. The molecule has 0 aromatic heterocycles. The molecule has 0 amide bonds. The van der Waals surface area contributed by atoms with E-state index >= 15 is 0 Å². The smallest absolute Gasteiger partial charge is 0.458 e. The Labute approximate surface area is 215 Å². The highest BCUT2D eigenvalue weighted by Gasteiger charge is 2.25. The maximum Gasteiger partial charge on any atom is 0.472 e. The molecule has 0 heterocycles. The number of phosphoric ester groups is 1. The fourth-order valence-electron chi connectivity index (χ4n) is 3.61. The Morgan fingerprint density at radius 1 is 0.771 bits per heavy atom. The average molecular weight is 526 g/mol. The second kappa shape index (κ2) is 21.6. The molecule has 1 unspecified atom stereocenters. The highest BCUT2D eigenvalue weighted by molar-refractivity contribution is 7.47. The maximum atomic E-state index is 12.0. The number of unbranched alkanes of at least 4 members (excludes halogenated alkanes) is 13. The van der Waals surface area contributed by atoms with Crippen LogP contribution in [0.2, 0.25) is 0 Å². The van der Waals surface area contributed by atoms with Gasteiger partial charge >= 0.3 is 13.8 Å². The number of carbonyl (C=O) groups is 1. The monoisotopic (exact) mass is 525 g/mol. The van der Waals surface area contributed by atoms with Crippen molar-refractivity contribution in [2.45, 2.75) is 110 Å². The molecule has 0 aliphatic heterocycles. The minimum absolute atomic E-state index is 0.0884. The van der Waals surface area contributed by atoms with Crippen molar-refractivity contribution in [2.75, 3.05) is 54.1 Å². The first-order valence-corrected chi connectivity index (χ1v) is 15.2. The topological polar surface area (TPSA) is 91.3 Å². The van der Waals surface area contributed by atoms with Crippen LogP contribution in [0, 0.1) is 0 Å². The second-order valence-electron chi connectivity index (χ2n) is 10.5. The summed E-state index contributed by atoms with van der Waals surface area (Å²) in [4.78, 5) is 21.2. The van der Waals surface area contributed by atoms with Crippen LogP contribution in [0.3, 0.4) is 0 Å². The lowest BCUT2D eigenvalue weighted by Crippen LogP contribution is -2.37. The summed E-state index contributed by atoms with van der Waals surface area (Å²) >= 11 is 0. The van der Waals surface area contributed by atoms with E-state index in [1.807, 2.05) is 21.1 Å². The molecular formula is C26H55NO7P+. The van der Waals surface area contributed by atoms with Crippen molar-refractivity contribution < 1.29 is 37.3 Å². The van der Waals surface area contributed by atoms with Gasteiger partial charge < -0.3 is 18.9 Å². The van der Waals surface area contributed by atoms with Gasteiger partial charge in [-0.3, -0.25) is 13.8 Å². The van der Waals surface area contributed by atoms with Gasteiger partial charge in [-0.25, -0.2) is 4.57 Å². The molecule has 0 radical (unpaired) electrons. The molecule has 35 heavy (non-hydrogen) atoms. The van der Waals surface area contributed by atoms with Gasteiger partial charge in [0.15, 0.2) is 0 Å². The molecule has 0 aliphatic carbocycles. The van der Waals surface area contributed by atoms with Crippen LogP contribution >= 0.6 is 7.82 Å². The normalized spacial score (nSPS) is 14.6. The third-order valence-electron chi connectivity index (χ3n) is 5.72. The van der Waals surface area contributed by atoms with E-state index in [0.717, 1.165) is 12.8 Å². The number of esters is 1. The van der Waals surface area contributed by atoms with Crippen LogP contribution in [0.5, 0.6) is 0 Å². The third-order valence-corrected chi connectivity index (χ3v) is 6.70. The molecule has 0 aliphatic rings. The van der Waals surface area contributed by atoms with Crippen LogP contribution in [0.1, 0.15) is 104 Å². The average Bonchev–Trinajstić information content (AvgIpc) is 2.75. The molecular weight excluding hydrogens is 470 g/mol. The fraction of sp³-hybridized carbons (Fsp3) is 0.962. The number of likely N-dealkylation sites (N-methyl/N-ethyl adjacent to an activating group) is 1. The number of quaternary nitrogens is 1. The van der Waals surface area contributed by atoms with E-state index in [2.05, 4.69) is 6.92 Å². The Bertz CT molecular complexity index is 554. The van der Waals surface area contributed by atoms with Crippen molar-refractivity contribution in [3.63, 3.8) is 0 Å². The van der Waals surface area contributed by atoms with E-state index in [9.17, 15) is 14.3 Å². The predicted octanol–water partition coefficient (Wildman–Crippen LogP) is 6.26. The molecule has 8 nitrogen and oxygen atoms in total. The minimum atomic E-state index is -4.21. The molecule has 0 aromatic carbocycles. The van der Waals surface area contributed by atoms with Crippen LogP contribution in [0.25, 0.3) is 0 Å². The first-order valence-electron chi connectivity index (χ1n) is 13.7. The van der Waals surface area contributed by atoms with Crippen LogP contribution in [-0.2, 0) is 27.9 Å². The summed E-state index contributed by atoms with van der Waals surface area (Å²) in [6, 6.07) is 0. The van der Waals surface area contributed by atoms with Crippen molar-refractivity contribution >= 4 is 13.8 Å². The van der Waals surface area contributed by atoms with Crippen LogP contribution < -0.4 is 0 Å². The van der Waals surface area contributed by atoms with Gasteiger partial charge in [0.05, 0.1) is 34.4 Å². The summed E-state index contributed by atoms with van der Waals surface area (Å²) in [5.41, 5.74) is 0. The molecule has 0 rings (SSSR count). The summed E-state index contributed by atoms with van der Waals surface area (Å²) in [5, 5.41) is 0. The van der Waals surface area contributed by atoms with Crippen LogP contribution in [0.15, 0.2) is 0 Å². The minimum Gasteiger partial charge on any atom is -0.458 e. The Hall–Kier alpha value is -0.500. The van der Waals surface area contributed by atoms with E-state index in [-0.39, 0.29) is 19.8 Å².